The fraction of sp³-hybridized carbons (Fsp3) is 0.600. The second-order valence-electron chi connectivity index (χ2n) is 3.56. The molecule has 0 aromatic carbocycles. The molecular formula is C10H16BrNO2. The van der Waals surface area contributed by atoms with Crippen molar-refractivity contribution in [2.45, 2.75) is 39.0 Å². The summed E-state index contributed by atoms with van der Waals surface area (Å²) in [5.41, 5.74) is 0. The van der Waals surface area contributed by atoms with Gasteiger partial charge >= 0.3 is 0 Å². The van der Waals surface area contributed by atoms with Crippen molar-refractivity contribution in [1.82, 2.24) is 5.32 Å². The standard InChI is InChI=1S/C10H16BrNO2/c1-7(5-8(2)13)12-6-10-9(11)3-4-14-10/h3-4,7-8,12-13H,5-6H2,1-2H3. The summed E-state index contributed by atoms with van der Waals surface area (Å²) in [5.74, 6) is 0.891. The summed E-state index contributed by atoms with van der Waals surface area (Å²) in [7, 11) is 0. The summed E-state index contributed by atoms with van der Waals surface area (Å²) >= 11 is 3.38. The van der Waals surface area contributed by atoms with Gasteiger partial charge in [0.1, 0.15) is 5.76 Å². The van der Waals surface area contributed by atoms with Crippen LogP contribution in [0.1, 0.15) is 26.0 Å². The number of hydrogen-bond donors (Lipinski definition) is 2. The Bertz CT molecular complexity index is 273. The lowest BCUT2D eigenvalue weighted by Crippen LogP contribution is -2.28. The molecule has 0 radical (unpaired) electrons. The lowest BCUT2D eigenvalue weighted by atomic mass is 10.1. The second kappa shape index (κ2) is 5.53. The Morgan fingerprint density at radius 1 is 1.57 bits per heavy atom. The Kier molecular flexibility index (Phi) is 4.65. The van der Waals surface area contributed by atoms with Gasteiger partial charge in [-0.2, -0.15) is 0 Å². The zero-order valence-corrected chi connectivity index (χ0v) is 10.0. The molecule has 2 atom stereocenters. The highest BCUT2D eigenvalue weighted by Crippen LogP contribution is 2.17. The molecule has 14 heavy (non-hydrogen) atoms. The first kappa shape index (κ1) is 11.8. The molecule has 0 fully saturated rings. The largest absolute Gasteiger partial charge is 0.467 e. The molecule has 0 saturated heterocycles. The molecule has 1 aromatic heterocycles. The molecular weight excluding hydrogens is 246 g/mol. The van der Waals surface area contributed by atoms with Gasteiger partial charge in [0.05, 0.1) is 23.4 Å². The predicted molar refractivity (Wildman–Crippen MR) is 59.0 cm³/mol. The van der Waals surface area contributed by atoms with E-state index in [1.165, 1.54) is 0 Å². The third-order valence-electron chi connectivity index (χ3n) is 2.00. The molecule has 2 unspecified atom stereocenters. The summed E-state index contributed by atoms with van der Waals surface area (Å²) in [6, 6.07) is 2.16. The number of halogens is 1. The Balaban J connectivity index is 2.30. The summed E-state index contributed by atoms with van der Waals surface area (Å²) in [5, 5.41) is 12.4. The van der Waals surface area contributed by atoms with Crippen molar-refractivity contribution in [2.24, 2.45) is 0 Å². The fourth-order valence-electron chi connectivity index (χ4n) is 1.31. The first-order valence-electron chi connectivity index (χ1n) is 4.73. The fourth-order valence-corrected chi connectivity index (χ4v) is 1.65. The molecule has 1 heterocycles. The lowest BCUT2D eigenvalue weighted by molar-refractivity contribution is 0.170. The van der Waals surface area contributed by atoms with Crippen LogP contribution in [0, 0.1) is 0 Å². The minimum atomic E-state index is -0.266. The third-order valence-corrected chi connectivity index (χ3v) is 2.70. The van der Waals surface area contributed by atoms with Gasteiger partial charge in [0.25, 0.3) is 0 Å². The van der Waals surface area contributed by atoms with Gasteiger partial charge < -0.3 is 14.8 Å². The maximum atomic E-state index is 9.16. The van der Waals surface area contributed by atoms with Crippen molar-refractivity contribution in [2.75, 3.05) is 0 Å². The highest BCUT2D eigenvalue weighted by atomic mass is 79.9. The van der Waals surface area contributed by atoms with Crippen molar-refractivity contribution in [1.29, 1.82) is 0 Å². The first-order valence-corrected chi connectivity index (χ1v) is 5.52. The van der Waals surface area contributed by atoms with Gasteiger partial charge in [-0.25, -0.2) is 0 Å². The van der Waals surface area contributed by atoms with Gasteiger partial charge in [-0.3, -0.25) is 0 Å². The maximum Gasteiger partial charge on any atom is 0.131 e. The van der Waals surface area contributed by atoms with E-state index in [1.54, 1.807) is 13.2 Å². The van der Waals surface area contributed by atoms with E-state index in [1.807, 2.05) is 13.0 Å². The molecule has 3 nitrogen and oxygen atoms in total. The summed E-state index contributed by atoms with van der Waals surface area (Å²) in [4.78, 5) is 0. The van der Waals surface area contributed by atoms with Gasteiger partial charge in [-0.05, 0) is 42.3 Å². The van der Waals surface area contributed by atoms with Crippen LogP contribution in [-0.2, 0) is 6.54 Å². The quantitative estimate of drug-likeness (QED) is 0.855. The molecule has 4 heteroatoms. The van der Waals surface area contributed by atoms with Crippen LogP contribution in [0.5, 0.6) is 0 Å². The van der Waals surface area contributed by atoms with Gasteiger partial charge in [-0.15, -0.1) is 0 Å². The number of nitrogens with one attached hydrogen (secondary N) is 1. The van der Waals surface area contributed by atoms with Crippen molar-refractivity contribution < 1.29 is 9.52 Å². The van der Waals surface area contributed by atoms with E-state index < -0.39 is 0 Å². The van der Waals surface area contributed by atoms with Gasteiger partial charge in [0.2, 0.25) is 0 Å². The molecule has 0 aliphatic heterocycles. The van der Waals surface area contributed by atoms with Crippen LogP contribution in [0.2, 0.25) is 0 Å². The number of rotatable bonds is 5. The predicted octanol–water partition coefficient (Wildman–Crippen LogP) is 2.29. The van der Waals surface area contributed by atoms with Crippen LogP contribution in [-0.4, -0.2) is 17.3 Å². The Morgan fingerprint density at radius 3 is 2.79 bits per heavy atom. The van der Waals surface area contributed by atoms with Crippen molar-refractivity contribution in [3.63, 3.8) is 0 Å². The van der Waals surface area contributed by atoms with Crippen LogP contribution in [0.15, 0.2) is 21.2 Å². The van der Waals surface area contributed by atoms with Crippen molar-refractivity contribution in [3.05, 3.63) is 22.6 Å². The second-order valence-corrected chi connectivity index (χ2v) is 4.41. The normalized spacial score (nSPS) is 15.4. The molecule has 1 aromatic rings. The SMILES string of the molecule is CC(O)CC(C)NCc1occc1Br. The summed E-state index contributed by atoms with van der Waals surface area (Å²) < 4.78 is 6.23. The first-order chi connectivity index (χ1) is 6.59. The molecule has 0 amide bonds. The molecule has 80 valence electrons. The van der Waals surface area contributed by atoms with Crippen molar-refractivity contribution in [3.8, 4) is 0 Å². The van der Waals surface area contributed by atoms with Crippen molar-refractivity contribution >= 4 is 15.9 Å². The highest BCUT2D eigenvalue weighted by molar-refractivity contribution is 9.10. The van der Waals surface area contributed by atoms with E-state index in [0.717, 1.165) is 16.7 Å². The third kappa shape index (κ3) is 3.82. The zero-order valence-electron chi connectivity index (χ0n) is 8.46. The van der Waals surface area contributed by atoms with E-state index in [2.05, 4.69) is 21.2 Å². The van der Waals surface area contributed by atoms with Gasteiger partial charge in [-0.1, -0.05) is 0 Å². The molecule has 1 rings (SSSR count). The van der Waals surface area contributed by atoms with E-state index in [4.69, 9.17) is 9.52 Å². The van der Waals surface area contributed by atoms with E-state index in [9.17, 15) is 0 Å². The highest BCUT2D eigenvalue weighted by Gasteiger charge is 2.08. The molecule has 0 aliphatic carbocycles. The maximum absolute atomic E-state index is 9.16. The average molecular weight is 262 g/mol. The van der Waals surface area contributed by atoms with E-state index >= 15 is 0 Å². The Labute approximate surface area is 92.6 Å². The minimum Gasteiger partial charge on any atom is -0.467 e. The monoisotopic (exact) mass is 261 g/mol. The summed E-state index contributed by atoms with van der Waals surface area (Å²) in [6.07, 6.45) is 2.14. The Hall–Kier alpha value is -0.320. The summed E-state index contributed by atoms with van der Waals surface area (Å²) in [6.45, 7) is 4.52. The lowest BCUT2D eigenvalue weighted by Gasteiger charge is -2.14. The van der Waals surface area contributed by atoms with Crippen LogP contribution < -0.4 is 5.32 Å². The van der Waals surface area contributed by atoms with Gasteiger partial charge in [0.15, 0.2) is 0 Å². The van der Waals surface area contributed by atoms with Crippen LogP contribution >= 0.6 is 15.9 Å². The number of hydrogen-bond acceptors (Lipinski definition) is 3. The smallest absolute Gasteiger partial charge is 0.131 e. The number of aliphatic hydroxyl groups is 1. The molecule has 0 spiro atoms. The topological polar surface area (TPSA) is 45.4 Å². The average Bonchev–Trinajstić information content (AvgIpc) is 2.46. The van der Waals surface area contributed by atoms with E-state index in [-0.39, 0.29) is 12.1 Å². The minimum absolute atomic E-state index is 0.266. The molecule has 0 aliphatic rings. The van der Waals surface area contributed by atoms with E-state index in [0.29, 0.717) is 6.54 Å². The number of aliphatic hydroxyl groups excluding tert-OH is 1. The van der Waals surface area contributed by atoms with Crippen LogP contribution in [0.4, 0.5) is 0 Å². The van der Waals surface area contributed by atoms with Crippen LogP contribution in [0.25, 0.3) is 0 Å². The molecule has 0 bridgehead atoms. The Morgan fingerprint density at radius 2 is 2.29 bits per heavy atom. The van der Waals surface area contributed by atoms with Crippen LogP contribution in [0.3, 0.4) is 0 Å². The molecule has 0 saturated carbocycles. The van der Waals surface area contributed by atoms with Gasteiger partial charge in [0, 0.05) is 6.04 Å². The molecule has 2 N–H and O–H groups in total. The number of furan rings is 1. The zero-order chi connectivity index (χ0) is 10.6.